The van der Waals surface area contributed by atoms with E-state index in [1.807, 2.05) is 11.4 Å². The topological polar surface area (TPSA) is 58.4 Å². The molecule has 2 rings (SSSR count). The number of nitrogens with two attached hydrogens (primary N) is 1. The molecule has 0 aliphatic carbocycles. The Balaban J connectivity index is 1.84. The van der Waals surface area contributed by atoms with Crippen molar-refractivity contribution in [1.82, 2.24) is 10.2 Å². The number of rotatable bonds is 5. The number of piperidine rings is 1. The van der Waals surface area contributed by atoms with Gasteiger partial charge in [-0.3, -0.25) is 9.69 Å². The maximum Gasteiger partial charge on any atom is 0.224 e. The molecule has 0 radical (unpaired) electrons. The van der Waals surface area contributed by atoms with Gasteiger partial charge in [-0.2, -0.15) is 0 Å². The van der Waals surface area contributed by atoms with Gasteiger partial charge in [0.25, 0.3) is 0 Å². The minimum atomic E-state index is 0.0933. The molecule has 1 aromatic heterocycles. The summed E-state index contributed by atoms with van der Waals surface area (Å²) in [7, 11) is 0. The van der Waals surface area contributed by atoms with E-state index in [4.69, 9.17) is 17.3 Å². The number of hydrogen-bond acceptors (Lipinski definition) is 4. The van der Waals surface area contributed by atoms with Gasteiger partial charge in [0.15, 0.2) is 0 Å². The van der Waals surface area contributed by atoms with E-state index in [0.717, 1.165) is 37.5 Å². The molecule has 2 heterocycles. The maximum absolute atomic E-state index is 11.9. The Bertz CT molecular complexity index is 424. The molecule has 1 aliphatic heterocycles. The minimum absolute atomic E-state index is 0.0933. The van der Waals surface area contributed by atoms with Crippen molar-refractivity contribution in [3.05, 3.63) is 21.3 Å². The summed E-state index contributed by atoms with van der Waals surface area (Å²) < 4.78 is 0. The third-order valence-electron chi connectivity index (χ3n) is 3.32. The fourth-order valence-electron chi connectivity index (χ4n) is 2.41. The van der Waals surface area contributed by atoms with Gasteiger partial charge in [0, 0.05) is 36.4 Å². The molecule has 6 heteroatoms. The molecule has 0 aromatic carbocycles. The second-order valence-electron chi connectivity index (χ2n) is 4.89. The molecule has 0 saturated carbocycles. The lowest BCUT2D eigenvalue weighted by Gasteiger charge is -2.31. The van der Waals surface area contributed by atoms with Crippen LogP contribution in [-0.2, 0) is 11.3 Å². The van der Waals surface area contributed by atoms with Crippen molar-refractivity contribution in [3.63, 3.8) is 0 Å². The zero-order valence-electron chi connectivity index (χ0n) is 10.9. The summed E-state index contributed by atoms with van der Waals surface area (Å²) in [6.45, 7) is 3.83. The first-order chi connectivity index (χ1) is 9.19. The monoisotopic (exact) mass is 301 g/mol. The van der Waals surface area contributed by atoms with Gasteiger partial charge in [-0.1, -0.05) is 11.6 Å². The lowest BCUT2D eigenvalue weighted by Crippen LogP contribution is -2.43. The van der Waals surface area contributed by atoms with Crippen molar-refractivity contribution < 1.29 is 4.79 Å². The molecule has 3 N–H and O–H groups in total. The molecule has 106 valence electrons. The zero-order chi connectivity index (χ0) is 13.7. The molecular formula is C13H20ClN3OS. The van der Waals surface area contributed by atoms with Crippen molar-refractivity contribution in [2.24, 2.45) is 11.7 Å². The Kier molecular flexibility index (Phi) is 5.63. The Labute approximate surface area is 122 Å². The summed E-state index contributed by atoms with van der Waals surface area (Å²) in [6.07, 6.45) is 2.04. The van der Waals surface area contributed by atoms with Gasteiger partial charge >= 0.3 is 0 Å². The van der Waals surface area contributed by atoms with Gasteiger partial charge < -0.3 is 11.1 Å². The Morgan fingerprint density at radius 3 is 3.16 bits per heavy atom. The molecule has 1 aliphatic rings. The third kappa shape index (κ3) is 4.45. The molecule has 1 atom stereocenters. The Hall–Kier alpha value is -0.620. The number of amides is 1. The first kappa shape index (κ1) is 14.8. The van der Waals surface area contributed by atoms with Crippen LogP contribution in [0.4, 0.5) is 0 Å². The van der Waals surface area contributed by atoms with E-state index in [2.05, 4.69) is 10.2 Å². The molecule has 4 nitrogen and oxygen atoms in total. The Morgan fingerprint density at radius 1 is 1.63 bits per heavy atom. The van der Waals surface area contributed by atoms with Crippen LogP contribution >= 0.6 is 22.9 Å². The quantitative estimate of drug-likeness (QED) is 0.870. The highest BCUT2D eigenvalue weighted by Crippen LogP contribution is 2.23. The number of hydrogen-bond donors (Lipinski definition) is 2. The number of thiophene rings is 1. The molecule has 1 unspecified atom stereocenters. The van der Waals surface area contributed by atoms with Gasteiger partial charge in [0.05, 0.1) is 10.9 Å². The van der Waals surface area contributed by atoms with Crippen molar-refractivity contribution in [1.29, 1.82) is 0 Å². The van der Waals surface area contributed by atoms with Gasteiger partial charge in [-0.05, 0) is 25.5 Å². The normalized spacial score (nSPS) is 20.4. The number of likely N-dealkylation sites (tertiary alicyclic amines) is 1. The number of nitrogens with zero attached hydrogens (tertiary/aromatic N) is 1. The van der Waals surface area contributed by atoms with Gasteiger partial charge in [0.1, 0.15) is 0 Å². The largest absolute Gasteiger partial charge is 0.355 e. The SMILES string of the molecule is NCCNC(=O)C1CCCN(Cc2cc(Cl)cs2)C1. The van der Waals surface area contributed by atoms with Crippen LogP contribution in [0.5, 0.6) is 0 Å². The average molecular weight is 302 g/mol. The molecule has 1 fully saturated rings. The highest BCUT2D eigenvalue weighted by Gasteiger charge is 2.25. The van der Waals surface area contributed by atoms with Crippen LogP contribution < -0.4 is 11.1 Å². The first-order valence-corrected chi connectivity index (χ1v) is 7.88. The van der Waals surface area contributed by atoms with Crippen molar-refractivity contribution in [2.45, 2.75) is 19.4 Å². The number of carbonyl (C=O) groups is 1. The standard InChI is InChI=1S/C13H20ClN3OS/c14-11-6-12(19-9-11)8-17-5-1-2-10(7-17)13(18)16-4-3-15/h6,9-10H,1-5,7-8,15H2,(H,16,18). The molecule has 1 aromatic rings. The van der Waals surface area contributed by atoms with Gasteiger partial charge in [-0.25, -0.2) is 0 Å². The van der Waals surface area contributed by atoms with Crippen molar-refractivity contribution in [3.8, 4) is 0 Å². The minimum Gasteiger partial charge on any atom is -0.355 e. The number of nitrogens with one attached hydrogen (secondary N) is 1. The predicted octanol–water partition coefficient (Wildman–Crippen LogP) is 1.69. The third-order valence-corrected chi connectivity index (χ3v) is 4.59. The summed E-state index contributed by atoms with van der Waals surface area (Å²) in [5.74, 6) is 0.232. The second-order valence-corrected chi connectivity index (χ2v) is 6.32. The first-order valence-electron chi connectivity index (χ1n) is 6.62. The summed E-state index contributed by atoms with van der Waals surface area (Å²) >= 11 is 7.61. The summed E-state index contributed by atoms with van der Waals surface area (Å²) in [5.41, 5.74) is 5.40. The summed E-state index contributed by atoms with van der Waals surface area (Å²) in [6, 6.07) is 2.00. The number of carbonyl (C=O) groups excluding carboxylic acids is 1. The maximum atomic E-state index is 11.9. The van der Waals surface area contributed by atoms with E-state index in [9.17, 15) is 4.79 Å². The van der Waals surface area contributed by atoms with E-state index >= 15 is 0 Å². The van der Waals surface area contributed by atoms with Crippen LogP contribution in [0, 0.1) is 5.92 Å². The van der Waals surface area contributed by atoms with E-state index in [1.54, 1.807) is 11.3 Å². The summed E-state index contributed by atoms with van der Waals surface area (Å²) in [5, 5.41) is 5.63. The van der Waals surface area contributed by atoms with Crippen LogP contribution in [0.25, 0.3) is 0 Å². The zero-order valence-corrected chi connectivity index (χ0v) is 12.5. The highest BCUT2D eigenvalue weighted by molar-refractivity contribution is 7.10. The van der Waals surface area contributed by atoms with E-state index in [-0.39, 0.29) is 11.8 Å². The average Bonchev–Trinajstić information content (AvgIpc) is 2.81. The van der Waals surface area contributed by atoms with E-state index in [1.165, 1.54) is 4.88 Å². The molecule has 0 bridgehead atoms. The lowest BCUT2D eigenvalue weighted by atomic mass is 9.97. The van der Waals surface area contributed by atoms with E-state index in [0.29, 0.717) is 13.1 Å². The number of halogens is 1. The van der Waals surface area contributed by atoms with Crippen LogP contribution in [-0.4, -0.2) is 37.0 Å². The van der Waals surface area contributed by atoms with Crippen LogP contribution in [0.2, 0.25) is 5.02 Å². The highest BCUT2D eigenvalue weighted by atomic mass is 35.5. The lowest BCUT2D eigenvalue weighted by molar-refractivity contribution is -0.126. The Morgan fingerprint density at radius 2 is 2.47 bits per heavy atom. The van der Waals surface area contributed by atoms with Crippen LogP contribution in [0.1, 0.15) is 17.7 Å². The summed E-state index contributed by atoms with van der Waals surface area (Å²) in [4.78, 5) is 15.5. The molecular weight excluding hydrogens is 282 g/mol. The fourth-order valence-corrected chi connectivity index (χ4v) is 3.52. The van der Waals surface area contributed by atoms with Gasteiger partial charge in [0.2, 0.25) is 5.91 Å². The smallest absolute Gasteiger partial charge is 0.224 e. The molecule has 19 heavy (non-hydrogen) atoms. The predicted molar refractivity (Wildman–Crippen MR) is 79.4 cm³/mol. The van der Waals surface area contributed by atoms with Crippen molar-refractivity contribution in [2.75, 3.05) is 26.2 Å². The van der Waals surface area contributed by atoms with Crippen LogP contribution in [0.15, 0.2) is 11.4 Å². The molecule has 0 spiro atoms. The fraction of sp³-hybridized carbons (Fsp3) is 0.615. The van der Waals surface area contributed by atoms with E-state index < -0.39 is 0 Å². The molecule has 1 amide bonds. The van der Waals surface area contributed by atoms with Crippen LogP contribution in [0.3, 0.4) is 0 Å². The molecule has 1 saturated heterocycles. The van der Waals surface area contributed by atoms with Crippen molar-refractivity contribution >= 4 is 28.8 Å². The van der Waals surface area contributed by atoms with Gasteiger partial charge in [-0.15, -0.1) is 11.3 Å². The second kappa shape index (κ2) is 7.24.